The highest BCUT2D eigenvalue weighted by atomic mass is 16.5. The second-order valence-electron chi connectivity index (χ2n) is 7.66. The molecular formula is C20H33N3O2. The summed E-state index contributed by atoms with van der Waals surface area (Å²) in [6.45, 7) is 4.96. The minimum atomic E-state index is 0.216. The molecule has 3 rings (SSSR count). The van der Waals surface area contributed by atoms with E-state index in [0.29, 0.717) is 12.0 Å². The minimum absolute atomic E-state index is 0.216. The minimum Gasteiger partial charge on any atom is -0.383 e. The number of aromatic nitrogens is 1. The van der Waals surface area contributed by atoms with Gasteiger partial charge in [-0.2, -0.15) is 0 Å². The standard InChI is InChI=1S/C20H33N3O2/c1-25-15-14-22-12-8-17(9-13-22)16-21-20(24)18-4-6-19(7-5-18)23-10-2-3-11-23/h2-3,10-11,17-19H,4-9,12-16H2,1H3,(H,21,24). The molecular weight excluding hydrogens is 314 g/mol. The molecule has 1 N–H and O–H groups in total. The van der Waals surface area contributed by atoms with Crippen LogP contribution in [0.4, 0.5) is 0 Å². The van der Waals surface area contributed by atoms with Gasteiger partial charge >= 0.3 is 0 Å². The summed E-state index contributed by atoms with van der Waals surface area (Å²) in [6, 6.07) is 4.74. The van der Waals surface area contributed by atoms with Gasteiger partial charge in [-0.1, -0.05) is 0 Å². The van der Waals surface area contributed by atoms with Crippen molar-refractivity contribution in [1.29, 1.82) is 0 Å². The van der Waals surface area contributed by atoms with Crippen LogP contribution in [0.15, 0.2) is 24.5 Å². The van der Waals surface area contributed by atoms with Gasteiger partial charge in [0.25, 0.3) is 0 Å². The largest absolute Gasteiger partial charge is 0.383 e. The van der Waals surface area contributed by atoms with E-state index in [-0.39, 0.29) is 11.8 Å². The van der Waals surface area contributed by atoms with Crippen LogP contribution in [0.2, 0.25) is 0 Å². The zero-order chi connectivity index (χ0) is 17.5. The quantitative estimate of drug-likeness (QED) is 0.825. The number of hydrogen-bond acceptors (Lipinski definition) is 3. The lowest BCUT2D eigenvalue weighted by atomic mass is 9.85. The van der Waals surface area contributed by atoms with Gasteiger partial charge in [-0.3, -0.25) is 4.79 Å². The number of amides is 1. The molecule has 0 radical (unpaired) electrons. The van der Waals surface area contributed by atoms with Gasteiger partial charge in [0.15, 0.2) is 0 Å². The van der Waals surface area contributed by atoms with Gasteiger partial charge in [-0.25, -0.2) is 0 Å². The Bertz CT molecular complexity index is 501. The van der Waals surface area contributed by atoms with E-state index >= 15 is 0 Å². The van der Waals surface area contributed by atoms with Crippen molar-refractivity contribution in [2.75, 3.05) is 39.9 Å². The zero-order valence-corrected chi connectivity index (χ0v) is 15.5. The van der Waals surface area contributed by atoms with Gasteiger partial charge in [0.1, 0.15) is 0 Å². The second-order valence-corrected chi connectivity index (χ2v) is 7.66. The first-order valence-electron chi connectivity index (χ1n) is 9.87. The molecule has 1 aromatic heterocycles. The first-order chi connectivity index (χ1) is 12.3. The number of carbonyl (C=O) groups is 1. The van der Waals surface area contributed by atoms with Crippen molar-refractivity contribution >= 4 is 5.91 Å². The Morgan fingerprint density at radius 1 is 1.08 bits per heavy atom. The summed E-state index contributed by atoms with van der Waals surface area (Å²) in [5.41, 5.74) is 0. The molecule has 1 aromatic rings. The van der Waals surface area contributed by atoms with Gasteiger partial charge in [0.05, 0.1) is 6.61 Å². The third-order valence-corrected chi connectivity index (χ3v) is 6.00. The molecule has 0 bridgehead atoms. The number of methoxy groups -OCH3 is 1. The number of nitrogens with zero attached hydrogens (tertiary/aromatic N) is 2. The number of carbonyl (C=O) groups excluding carboxylic acids is 1. The smallest absolute Gasteiger partial charge is 0.223 e. The van der Waals surface area contributed by atoms with Crippen LogP contribution in [0.25, 0.3) is 0 Å². The molecule has 0 unspecified atom stereocenters. The van der Waals surface area contributed by atoms with E-state index in [4.69, 9.17) is 4.74 Å². The Morgan fingerprint density at radius 3 is 2.40 bits per heavy atom. The van der Waals surface area contributed by atoms with Gasteiger partial charge in [-0.15, -0.1) is 0 Å². The fraction of sp³-hybridized carbons (Fsp3) is 0.750. The lowest BCUT2D eigenvalue weighted by Crippen LogP contribution is -2.41. The van der Waals surface area contributed by atoms with Crippen LogP contribution >= 0.6 is 0 Å². The predicted octanol–water partition coefficient (Wildman–Crippen LogP) is 2.69. The van der Waals surface area contributed by atoms with Crippen molar-refractivity contribution in [3.8, 4) is 0 Å². The molecule has 0 atom stereocenters. The van der Waals surface area contributed by atoms with Gasteiger partial charge < -0.3 is 19.5 Å². The Labute approximate surface area is 151 Å². The first-order valence-corrected chi connectivity index (χ1v) is 9.87. The Morgan fingerprint density at radius 2 is 1.76 bits per heavy atom. The molecule has 2 aliphatic rings. The lowest BCUT2D eigenvalue weighted by molar-refractivity contribution is -0.126. The Kier molecular flexibility index (Phi) is 6.93. The van der Waals surface area contributed by atoms with Crippen LogP contribution in [0.1, 0.15) is 44.6 Å². The van der Waals surface area contributed by atoms with Crippen molar-refractivity contribution in [2.24, 2.45) is 11.8 Å². The number of likely N-dealkylation sites (tertiary alicyclic amines) is 1. The maximum atomic E-state index is 12.5. The number of hydrogen-bond donors (Lipinski definition) is 1. The molecule has 1 amide bonds. The van der Waals surface area contributed by atoms with E-state index in [2.05, 4.69) is 39.3 Å². The molecule has 1 saturated carbocycles. The van der Waals surface area contributed by atoms with E-state index in [1.165, 1.54) is 12.8 Å². The topological polar surface area (TPSA) is 46.5 Å². The number of nitrogens with one attached hydrogen (secondary N) is 1. The van der Waals surface area contributed by atoms with Gasteiger partial charge in [0.2, 0.25) is 5.91 Å². The monoisotopic (exact) mass is 347 g/mol. The van der Waals surface area contributed by atoms with Crippen molar-refractivity contribution < 1.29 is 9.53 Å². The molecule has 0 aromatic carbocycles. The molecule has 2 heterocycles. The summed E-state index contributed by atoms with van der Waals surface area (Å²) in [5, 5.41) is 3.24. The summed E-state index contributed by atoms with van der Waals surface area (Å²) >= 11 is 0. The van der Waals surface area contributed by atoms with Crippen LogP contribution in [0, 0.1) is 11.8 Å². The highest BCUT2D eigenvalue weighted by Crippen LogP contribution is 2.32. The molecule has 1 aliphatic carbocycles. The van der Waals surface area contributed by atoms with Crippen LogP contribution in [-0.2, 0) is 9.53 Å². The van der Waals surface area contributed by atoms with Crippen LogP contribution in [0.3, 0.4) is 0 Å². The van der Waals surface area contributed by atoms with Crippen molar-refractivity contribution in [3.05, 3.63) is 24.5 Å². The third kappa shape index (κ3) is 5.32. The Hall–Kier alpha value is -1.33. The van der Waals surface area contributed by atoms with Crippen molar-refractivity contribution in [2.45, 2.75) is 44.6 Å². The van der Waals surface area contributed by atoms with E-state index < -0.39 is 0 Å². The normalized spacial score (nSPS) is 25.8. The molecule has 140 valence electrons. The molecule has 2 fully saturated rings. The highest BCUT2D eigenvalue weighted by Gasteiger charge is 2.27. The first kappa shape index (κ1) is 18.5. The number of ether oxygens (including phenoxy) is 1. The molecule has 5 nitrogen and oxygen atoms in total. The van der Waals surface area contributed by atoms with Crippen LogP contribution in [0.5, 0.6) is 0 Å². The third-order valence-electron chi connectivity index (χ3n) is 6.00. The molecule has 5 heteroatoms. The maximum Gasteiger partial charge on any atom is 0.223 e. The van der Waals surface area contributed by atoms with E-state index in [9.17, 15) is 4.79 Å². The predicted molar refractivity (Wildman–Crippen MR) is 99.5 cm³/mol. The van der Waals surface area contributed by atoms with E-state index in [0.717, 1.165) is 58.5 Å². The van der Waals surface area contributed by atoms with E-state index in [1.54, 1.807) is 7.11 Å². The summed E-state index contributed by atoms with van der Waals surface area (Å²) in [4.78, 5) is 15.0. The fourth-order valence-corrected chi connectivity index (χ4v) is 4.25. The van der Waals surface area contributed by atoms with Gasteiger partial charge in [-0.05, 0) is 69.7 Å². The lowest BCUT2D eigenvalue weighted by Gasteiger charge is -2.32. The zero-order valence-electron chi connectivity index (χ0n) is 15.5. The average Bonchev–Trinajstić information content (AvgIpc) is 3.20. The summed E-state index contributed by atoms with van der Waals surface area (Å²) < 4.78 is 7.45. The molecule has 1 saturated heterocycles. The summed E-state index contributed by atoms with van der Waals surface area (Å²) in [7, 11) is 1.76. The Balaban J connectivity index is 1.32. The fourth-order valence-electron chi connectivity index (χ4n) is 4.25. The van der Waals surface area contributed by atoms with Crippen LogP contribution < -0.4 is 5.32 Å². The second kappa shape index (κ2) is 9.39. The molecule has 1 aliphatic heterocycles. The SMILES string of the molecule is COCCN1CCC(CNC(=O)C2CCC(n3cccc3)CC2)CC1. The van der Waals surface area contributed by atoms with Crippen LogP contribution in [-0.4, -0.2) is 55.3 Å². The maximum absolute atomic E-state index is 12.5. The van der Waals surface area contributed by atoms with Crippen molar-refractivity contribution in [3.63, 3.8) is 0 Å². The van der Waals surface area contributed by atoms with E-state index in [1.807, 2.05) is 0 Å². The van der Waals surface area contributed by atoms with Crippen molar-refractivity contribution in [1.82, 2.24) is 14.8 Å². The summed E-state index contributed by atoms with van der Waals surface area (Å²) in [6.07, 6.45) is 10.9. The summed E-state index contributed by atoms with van der Waals surface area (Å²) in [5.74, 6) is 1.14. The average molecular weight is 348 g/mol. The van der Waals surface area contributed by atoms with Gasteiger partial charge in [0, 0.05) is 44.6 Å². The highest BCUT2D eigenvalue weighted by molar-refractivity contribution is 5.78. The number of rotatable bonds is 7. The molecule has 0 spiro atoms. The molecule has 25 heavy (non-hydrogen) atoms. The number of piperidine rings is 1.